The van der Waals surface area contributed by atoms with E-state index in [9.17, 15) is 0 Å². The second kappa shape index (κ2) is 6.95. The minimum absolute atomic E-state index is 0.826. The smallest absolute Gasteiger partial charge is 0.105 e. The first-order chi connectivity index (χ1) is 12.3. The zero-order valence-electron chi connectivity index (χ0n) is 13.3. The van der Waals surface area contributed by atoms with E-state index in [4.69, 9.17) is 0 Å². The highest BCUT2D eigenvalue weighted by Gasteiger charge is 2.17. The fourth-order valence-electron chi connectivity index (χ4n) is 2.84. The molecule has 0 aliphatic heterocycles. The van der Waals surface area contributed by atoms with Crippen molar-refractivity contribution in [2.75, 3.05) is 0 Å². The Balaban J connectivity index is 2.03. The fourth-order valence-corrected chi connectivity index (χ4v) is 3.24. The van der Waals surface area contributed by atoms with Crippen molar-refractivity contribution in [2.24, 2.45) is 0 Å². The molecule has 0 saturated heterocycles. The van der Waals surface area contributed by atoms with Crippen molar-refractivity contribution in [1.29, 1.82) is 0 Å². The molecule has 4 heteroatoms. The molecule has 0 unspecified atom stereocenters. The zero-order chi connectivity index (χ0) is 17.1. The van der Waals surface area contributed by atoms with E-state index in [1.165, 1.54) is 0 Å². The SMILES string of the molecule is Brc1cccc(-c2c(-c3ccccc3)nnnc2-c2ccccc2)c1. The molecule has 0 bridgehead atoms. The maximum absolute atomic E-state index is 4.36. The van der Waals surface area contributed by atoms with E-state index >= 15 is 0 Å². The molecule has 0 saturated carbocycles. The van der Waals surface area contributed by atoms with Gasteiger partial charge < -0.3 is 0 Å². The van der Waals surface area contributed by atoms with Gasteiger partial charge in [-0.2, -0.15) is 0 Å². The number of hydrogen-bond donors (Lipinski definition) is 0. The summed E-state index contributed by atoms with van der Waals surface area (Å²) in [6.07, 6.45) is 0. The maximum atomic E-state index is 4.36. The molecule has 4 rings (SSSR count). The fraction of sp³-hybridized carbons (Fsp3) is 0. The third-order valence-corrected chi connectivity index (χ3v) is 4.46. The molecule has 25 heavy (non-hydrogen) atoms. The molecule has 1 heterocycles. The predicted molar refractivity (Wildman–Crippen MR) is 104 cm³/mol. The second-order valence-corrected chi connectivity index (χ2v) is 6.52. The van der Waals surface area contributed by atoms with Crippen molar-refractivity contribution in [1.82, 2.24) is 15.4 Å². The summed E-state index contributed by atoms with van der Waals surface area (Å²) in [6, 6.07) is 28.4. The Kier molecular flexibility index (Phi) is 4.36. The quantitative estimate of drug-likeness (QED) is 0.456. The summed E-state index contributed by atoms with van der Waals surface area (Å²) in [6.45, 7) is 0. The third kappa shape index (κ3) is 3.21. The summed E-state index contributed by atoms with van der Waals surface area (Å²) in [4.78, 5) is 0. The van der Waals surface area contributed by atoms with Crippen molar-refractivity contribution in [3.05, 3.63) is 89.4 Å². The van der Waals surface area contributed by atoms with Gasteiger partial charge in [-0.15, -0.1) is 10.2 Å². The minimum atomic E-state index is 0.826. The highest BCUT2D eigenvalue weighted by molar-refractivity contribution is 9.10. The normalized spacial score (nSPS) is 10.6. The molecule has 0 atom stereocenters. The van der Waals surface area contributed by atoms with Gasteiger partial charge in [0.25, 0.3) is 0 Å². The van der Waals surface area contributed by atoms with E-state index in [1.807, 2.05) is 72.8 Å². The van der Waals surface area contributed by atoms with Crippen molar-refractivity contribution in [3.63, 3.8) is 0 Å². The second-order valence-electron chi connectivity index (χ2n) is 5.60. The average molecular weight is 388 g/mol. The first kappa shape index (κ1) is 15.7. The lowest BCUT2D eigenvalue weighted by Gasteiger charge is -2.13. The lowest BCUT2D eigenvalue weighted by molar-refractivity contribution is 0.878. The Morgan fingerprint density at radius 1 is 0.560 bits per heavy atom. The first-order valence-electron chi connectivity index (χ1n) is 7.93. The molecule has 3 aromatic carbocycles. The molecule has 0 amide bonds. The molecule has 0 aliphatic carbocycles. The molecule has 0 aliphatic rings. The van der Waals surface area contributed by atoms with Gasteiger partial charge >= 0.3 is 0 Å². The standard InChI is InChI=1S/C21H14BrN3/c22-18-13-7-12-17(14-18)19-20(15-8-3-1-4-9-15)23-25-24-21(19)16-10-5-2-6-11-16/h1-14H. The molecule has 3 nitrogen and oxygen atoms in total. The molecule has 0 spiro atoms. The van der Waals surface area contributed by atoms with E-state index in [1.54, 1.807) is 0 Å². The molecule has 0 N–H and O–H groups in total. The van der Waals surface area contributed by atoms with Crippen LogP contribution in [0.1, 0.15) is 0 Å². The highest BCUT2D eigenvalue weighted by atomic mass is 79.9. The summed E-state index contributed by atoms with van der Waals surface area (Å²) in [5, 5.41) is 12.8. The Bertz CT molecular complexity index is 944. The molecule has 120 valence electrons. The number of rotatable bonds is 3. The average Bonchev–Trinajstić information content (AvgIpc) is 2.69. The summed E-state index contributed by atoms with van der Waals surface area (Å²) in [5.41, 5.74) is 5.72. The van der Waals surface area contributed by atoms with Crippen LogP contribution in [0.2, 0.25) is 0 Å². The monoisotopic (exact) mass is 387 g/mol. The van der Waals surface area contributed by atoms with Gasteiger partial charge in [-0.1, -0.05) is 88.7 Å². The van der Waals surface area contributed by atoms with Crippen molar-refractivity contribution >= 4 is 15.9 Å². The first-order valence-corrected chi connectivity index (χ1v) is 8.72. The molecular weight excluding hydrogens is 374 g/mol. The van der Waals surface area contributed by atoms with Gasteiger partial charge in [-0.3, -0.25) is 0 Å². The minimum Gasteiger partial charge on any atom is -0.129 e. The maximum Gasteiger partial charge on any atom is 0.105 e. The van der Waals surface area contributed by atoms with Crippen LogP contribution in [0.3, 0.4) is 0 Å². The molecule has 0 fully saturated rings. The Morgan fingerprint density at radius 3 is 1.60 bits per heavy atom. The van der Waals surface area contributed by atoms with Crippen molar-refractivity contribution < 1.29 is 0 Å². The van der Waals surface area contributed by atoms with Crippen LogP contribution in [-0.4, -0.2) is 15.4 Å². The number of benzene rings is 3. The van der Waals surface area contributed by atoms with Crippen molar-refractivity contribution in [2.45, 2.75) is 0 Å². The largest absolute Gasteiger partial charge is 0.129 e. The van der Waals surface area contributed by atoms with Crippen LogP contribution in [0.15, 0.2) is 89.4 Å². The van der Waals surface area contributed by atoms with Crippen LogP contribution in [0, 0.1) is 0 Å². The Hall–Kier alpha value is -2.85. The Labute approximate surface area is 154 Å². The van der Waals surface area contributed by atoms with Crippen LogP contribution < -0.4 is 0 Å². The van der Waals surface area contributed by atoms with E-state index < -0.39 is 0 Å². The van der Waals surface area contributed by atoms with Gasteiger partial charge in [0.15, 0.2) is 0 Å². The molecule has 1 aromatic heterocycles. The van der Waals surface area contributed by atoms with Gasteiger partial charge in [-0.25, -0.2) is 0 Å². The van der Waals surface area contributed by atoms with Crippen molar-refractivity contribution in [3.8, 4) is 33.6 Å². The number of aromatic nitrogens is 3. The topological polar surface area (TPSA) is 38.7 Å². The third-order valence-electron chi connectivity index (χ3n) is 3.97. The molecule has 0 radical (unpaired) electrons. The predicted octanol–water partition coefficient (Wildman–Crippen LogP) is 5.64. The van der Waals surface area contributed by atoms with Gasteiger partial charge in [0.1, 0.15) is 11.4 Å². The van der Waals surface area contributed by atoms with Gasteiger partial charge in [0.2, 0.25) is 0 Å². The molecular formula is C21H14BrN3. The van der Waals surface area contributed by atoms with Gasteiger partial charge in [0, 0.05) is 21.2 Å². The van der Waals surface area contributed by atoms with E-state index in [2.05, 4.69) is 43.5 Å². The Morgan fingerprint density at radius 2 is 1.08 bits per heavy atom. The summed E-state index contributed by atoms with van der Waals surface area (Å²) in [5.74, 6) is 0. The van der Waals surface area contributed by atoms with E-state index in [-0.39, 0.29) is 0 Å². The van der Waals surface area contributed by atoms with Crippen LogP contribution in [-0.2, 0) is 0 Å². The summed E-state index contributed by atoms with van der Waals surface area (Å²) < 4.78 is 1.01. The van der Waals surface area contributed by atoms with Gasteiger partial charge in [0.05, 0.1) is 0 Å². The van der Waals surface area contributed by atoms with E-state index in [0.29, 0.717) is 0 Å². The highest BCUT2D eigenvalue weighted by Crippen LogP contribution is 2.37. The van der Waals surface area contributed by atoms with Crippen LogP contribution in [0.4, 0.5) is 0 Å². The lowest BCUT2D eigenvalue weighted by Crippen LogP contribution is -2.00. The lowest BCUT2D eigenvalue weighted by atomic mass is 9.95. The van der Waals surface area contributed by atoms with Crippen LogP contribution >= 0.6 is 15.9 Å². The number of hydrogen-bond acceptors (Lipinski definition) is 3. The summed E-state index contributed by atoms with van der Waals surface area (Å²) >= 11 is 3.56. The van der Waals surface area contributed by atoms with Crippen LogP contribution in [0.25, 0.3) is 33.6 Å². The van der Waals surface area contributed by atoms with Crippen LogP contribution in [0.5, 0.6) is 0 Å². The summed E-state index contributed by atoms with van der Waals surface area (Å²) in [7, 11) is 0. The molecule has 4 aromatic rings. The number of halogens is 1. The zero-order valence-corrected chi connectivity index (χ0v) is 14.9. The van der Waals surface area contributed by atoms with E-state index in [0.717, 1.165) is 38.1 Å². The van der Waals surface area contributed by atoms with Gasteiger partial charge in [-0.05, 0) is 22.9 Å². The number of nitrogens with zero attached hydrogens (tertiary/aromatic N) is 3.